The van der Waals surface area contributed by atoms with Crippen LogP contribution in [0, 0.1) is 0 Å². The van der Waals surface area contributed by atoms with Crippen molar-refractivity contribution < 1.29 is 9.53 Å². The summed E-state index contributed by atoms with van der Waals surface area (Å²) in [6, 6.07) is 5.49. The molecule has 0 atom stereocenters. The lowest BCUT2D eigenvalue weighted by molar-refractivity contribution is -0.118. The van der Waals surface area contributed by atoms with Crippen molar-refractivity contribution in [3.05, 3.63) is 28.8 Å². The van der Waals surface area contributed by atoms with E-state index in [9.17, 15) is 4.79 Å². The Morgan fingerprint density at radius 3 is 2.94 bits per heavy atom. The average Bonchev–Trinajstić information content (AvgIpc) is 2.32. The minimum absolute atomic E-state index is 0.203. The van der Waals surface area contributed by atoms with Crippen molar-refractivity contribution in [3.63, 3.8) is 0 Å². The zero-order valence-electron chi connectivity index (χ0n) is 10.5. The first-order chi connectivity index (χ1) is 8.65. The normalized spacial score (nSPS) is 10.3. The molecule has 0 aliphatic carbocycles. The van der Waals surface area contributed by atoms with E-state index in [0.29, 0.717) is 17.3 Å². The van der Waals surface area contributed by atoms with E-state index >= 15 is 0 Å². The minimum Gasteiger partial charge on any atom is -0.493 e. The van der Waals surface area contributed by atoms with Gasteiger partial charge in [0.2, 0.25) is 5.91 Å². The number of halogens is 1. The molecule has 1 rings (SSSR count). The van der Waals surface area contributed by atoms with E-state index in [2.05, 4.69) is 12.2 Å². The van der Waals surface area contributed by atoms with E-state index in [1.54, 1.807) is 0 Å². The molecule has 100 valence electrons. The maximum absolute atomic E-state index is 10.7. The molecule has 4 nitrogen and oxygen atoms in total. The third kappa shape index (κ3) is 4.94. The van der Waals surface area contributed by atoms with Crippen LogP contribution in [0.25, 0.3) is 0 Å². The van der Waals surface area contributed by atoms with E-state index in [1.807, 2.05) is 18.2 Å². The number of amides is 1. The molecule has 0 radical (unpaired) electrons. The van der Waals surface area contributed by atoms with Gasteiger partial charge in [-0.25, -0.2) is 0 Å². The van der Waals surface area contributed by atoms with Gasteiger partial charge >= 0.3 is 0 Å². The highest BCUT2D eigenvalue weighted by Crippen LogP contribution is 2.26. The SMILES string of the molecule is CCCNCc1c(Cl)cccc1OCCC(N)=O. The van der Waals surface area contributed by atoms with E-state index < -0.39 is 0 Å². The molecule has 0 saturated heterocycles. The summed E-state index contributed by atoms with van der Waals surface area (Å²) in [6.45, 7) is 3.95. The molecule has 1 amide bonds. The summed E-state index contributed by atoms with van der Waals surface area (Å²) in [4.78, 5) is 10.7. The van der Waals surface area contributed by atoms with Crippen LogP contribution in [0.5, 0.6) is 5.75 Å². The van der Waals surface area contributed by atoms with Crippen LogP contribution >= 0.6 is 11.6 Å². The van der Waals surface area contributed by atoms with Crippen LogP contribution in [-0.2, 0) is 11.3 Å². The molecule has 5 heteroatoms. The average molecular weight is 271 g/mol. The summed E-state index contributed by atoms with van der Waals surface area (Å²) in [5.74, 6) is 0.329. The summed E-state index contributed by atoms with van der Waals surface area (Å²) < 4.78 is 5.53. The van der Waals surface area contributed by atoms with Crippen molar-refractivity contribution in [2.45, 2.75) is 26.3 Å². The highest BCUT2D eigenvalue weighted by atomic mass is 35.5. The Labute approximate surface area is 112 Å². The van der Waals surface area contributed by atoms with Gasteiger partial charge in [0.1, 0.15) is 5.75 Å². The molecular formula is C13H19ClN2O2. The van der Waals surface area contributed by atoms with Gasteiger partial charge in [-0.1, -0.05) is 24.6 Å². The molecule has 0 aromatic heterocycles. The van der Waals surface area contributed by atoms with E-state index in [0.717, 1.165) is 18.5 Å². The fourth-order valence-electron chi connectivity index (χ4n) is 1.50. The third-order valence-electron chi connectivity index (χ3n) is 2.41. The van der Waals surface area contributed by atoms with Crippen molar-refractivity contribution in [1.82, 2.24) is 5.32 Å². The van der Waals surface area contributed by atoms with Crippen LogP contribution in [0.2, 0.25) is 5.02 Å². The zero-order chi connectivity index (χ0) is 13.4. The van der Waals surface area contributed by atoms with Gasteiger partial charge in [-0.05, 0) is 25.1 Å². The zero-order valence-corrected chi connectivity index (χ0v) is 11.3. The molecule has 0 aliphatic heterocycles. The van der Waals surface area contributed by atoms with Gasteiger partial charge < -0.3 is 15.8 Å². The maximum atomic E-state index is 10.7. The van der Waals surface area contributed by atoms with Gasteiger partial charge in [0.25, 0.3) is 0 Å². The van der Waals surface area contributed by atoms with Gasteiger partial charge in [0.15, 0.2) is 0 Å². The minimum atomic E-state index is -0.373. The number of carbonyl (C=O) groups excluding carboxylic acids is 1. The summed E-state index contributed by atoms with van der Waals surface area (Å²) >= 11 is 6.14. The standard InChI is InChI=1S/C13H19ClN2O2/c1-2-7-16-9-10-11(14)4-3-5-12(10)18-8-6-13(15)17/h3-5,16H,2,6-9H2,1H3,(H2,15,17). The van der Waals surface area contributed by atoms with Gasteiger partial charge in [-0.3, -0.25) is 4.79 Å². The summed E-state index contributed by atoms with van der Waals surface area (Å²) in [5.41, 5.74) is 5.98. The Morgan fingerprint density at radius 2 is 2.28 bits per heavy atom. The summed E-state index contributed by atoms with van der Waals surface area (Å²) in [5, 5.41) is 3.94. The number of hydrogen-bond donors (Lipinski definition) is 2. The number of carbonyl (C=O) groups is 1. The highest BCUT2D eigenvalue weighted by Gasteiger charge is 2.08. The molecule has 0 spiro atoms. The molecule has 0 bridgehead atoms. The maximum Gasteiger partial charge on any atom is 0.220 e. The Balaban J connectivity index is 2.64. The van der Waals surface area contributed by atoms with Crippen LogP contribution < -0.4 is 15.8 Å². The summed E-state index contributed by atoms with van der Waals surface area (Å²) in [6.07, 6.45) is 1.26. The molecule has 0 fully saturated rings. The Kier molecular flexibility index (Phi) is 6.54. The summed E-state index contributed by atoms with van der Waals surface area (Å²) in [7, 11) is 0. The molecular weight excluding hydrogens is 252 g/mol. The molecule has 0 heterocycles. The molecule has 3 N–H and O–H groups in total. The van der Waals surface area contributed by atoms with Crippen LogP contribution in [0.3, 0.4) is 0 Å². The van der Waals surface area contributed by atoms with Crippen LogP contribution in [0.1, 0.15) is 25.3 Å². The van der Waals surface area contributed by atoms with Gasteiger partial charge in [0, 0.05) is 17.1 Å². The second kappa shape index (κ2) is 7.95. The Bertz CT molecular complexity index is 397. The number of benzene rings is 1. The van der Waals surface area contributed by atoms with Crippen LogP contribution in [0.4, 0.5) is 0 Å². The Hall–Kier alpha value is -1.26. The van der Waals surface area contributed by atoms with Crippen molar-refractivity contribution in [2.24, 2.45) is 5.73 Å². The Morgan fingerprint density at radius 1 is 1.50 bits per heavy atom. The fraction of sp³-hybridized carbons (Fsp3) is 0.462. The lowest BCUT2D eigenvalue weighted by Gasteiger charge is -2.13. The quantitative estimate of drug-likeness (QED) is 0.711. The van der Waals surface area contributed by atoms with Crippen molar-refractivity contribution >= 4 is 17.5 Å². The van der Waals surface area contributed by atoms with E-state index in [4.69, 9.17) is 22.1 Å². The molecule has 0 unspecified atom stereocenters. The van der Waals surface area contributed by atoms with Crippen molar-refractivity contribution in [1.29, 1.82) is 0 Å². The first-order valence-electron chi connectivity index (χ1n) is 6.04. The number of rotatable bonds is 8. The van der Waals surface area contributed by atoms with E-state index in [1.165, 1.54) is 0 Å². The fourth-order valence-corrected chi connectivity index (χ4v) is 1.73. The molecule has 1 aromatic rings. The second-order valence-electron chi connectivity index (χ2n) is 3.96. The molecule has 18 heavy (non-hydrogen) atoms. The van der Waals surface area contributed by atoms with Gasteiger partial charge in [0.05, 0.1) is 13.0 Å². The monoisotopic (exact) mass is 270 g/mol. The smallest absolute Gasteiger partial charge is 0.220 e. The highest BCUT2D eigenvalue weighted by molar-refractivity contribution is 6.31. The number of hydrogen-bond acceptors (Lipinski definition) is 3. The number of ether oxygens (including phenoxy) is 1. The first-order valence-corrected chi connectivity index (χ1v) is 6.42. The van der Waals surface area contributed by atoms with Crippen molar-refractivity contribution in [2.75, 3.05) is 13.2 Å². The number of primary amides is 1. The molecule has 0 aliphatic rings. The van der Waals surface area contributed by atoms with Crippen LogP contribution in [-0.4, -0.2) is 19.1 Å². The predicted octanol–water partition coefficient (Wildman–Crippen LogP) is 2.09. The first kappa shape index (κ1) is 14.8. The third-order valence-corrected chi connectivity index (χ3v) is 2.76. The van der Waals surface area contributed by atoms with Crippen LogP contribution in [0.15, 0.2) is 18.2 Å². The topological polar surface area (TPSA) is 64.3 Å². The lowest BCUT2D eigenvalue weighted by Crippen LogP contribution is -2.17. The lowest BCUT2D eigenvalue weighted by atomic mass is 10.2. The molecule has 1 aromatic carbocycles. The molecule has 0 saturated carbocycles. The largest absolute Gasteiger partial charge is 0.493 e. The van der Waals surface area contributed by atoms with Gasteiger partial charge in [-0.15, -0.1) is 0 Å². The van der Waals surface area contributed by atoms with E-state index in [-0.39, 0.29) is 18.9 Å². The van der Waals surface area contributed by atoms with Crippen molar-refractivity contribution in [3.8, 4) is 5.75 Å². The number of nitrogens with two attached hydrogens (primary N) is 1. The van der Waals surface area contributed by atoms with Gasteiger partial charge in [-0.2, -0.15) is 0 Å². The number of nitrogens with one attached hydrogen (secondary N) is 1. The predicted molar refractivity (Wildman–Crippen MR) is 72.8 cm³/mol. The second-order valence-corrected chi connectivity index (χ2v) is 4.37.